The second kappa shape index (κ2) is 9.77. The maximum atomic E-state index is 12.7. The number of imide groups is 1. The number of amides is 3. The molecular formula is C24H17BrCl2N2O3. The largest absolute Gasteiger partial charge is 0.486 e. The van der Waals surface area contributed by atoms with Crippen molar-refractivity contribution in [1.29, 1.82) is 0 Å². The second-order valence-electron chi connectivity index (χ2n) is 7.06. The van der Waals surface area contributed by atoms with Gasteiger partial charge in [-0.25, -0.2) is 4.79 Å². The number of hydrogen-bond acceptors (Lipinski definition) is 3. The highest BCUT2D eigenvalue weighted by molar-refractivity contribution is 9.10. The first-order chi connectivity index (χ1) is 15.4. The summed E-state index contributed by atoms with van der Waals surface area (Å²) in [5, 5.41) is 3.59. The van der Waals surface area contributed by atoms with E-state index in [1.54, 1.807) is 24.3 Å². The van der Waals surface area contributed by atoms with Crippen LogP contribution in [0.15, 0.2) is 76.9 Å². The molecule has 0 bridgehead atoms. The molecule has 1 aliphatic rings. The zero-order chi connectivity index (χ0) is 22.7. The van der Waals surface area contributed by atoms with Gasteiger partial charge in [0.15, 0.2) is 5.75 Å². The van der Waals surface area contributed by atoms with Crippen molar-refractivity contribution in [2.75, 3.05) is 0 Å². The Hall–Kier alpha value is -2.80. The van der Waals surface area contributed by atoms with Gasteiger partial charge < -0.3 is 10.1 Å². The lowest BCUT2D eigenvalue weighted by Crippen LogP contribution is -2.30. The Labute approximate surface area is 203 Å². The topological polar surface area (TPSA) is 58.6 Å². The number of halogens is 3. The number of hydrogen-bond donors (Lipinski definition) is 1. The quantitative estimate of drug-likeness (QED) is 0.294. The third-order valence-corrected chi connectivity index (χ3v) is 6.05. The van der Waals surface area contributed by atoms with Crippen molar-refractivity contribution < 1.29 is 14.3 Å². The summed E-state index contributed by atoms with van der Waals surface area (Å²) in [4.78, 5) is 26.2. The van der Waals surface area contributed by atoms with Crippen LogP contribution in [-0.2, 0) is 17.9 Å². The third kappa shape index (κ3) is 4.99. The molecule has 0 atom stereocenters. The SMILES string of the molecule is O=C1N/C(=C/c2cc(Cl)c(OCc3ccccc3Cl)c(Br)c2)C(=O)N1Cc1ccccc1. The minimum Gasteiger partial charge on any atom is -0.486 e. The van der Waals surface area contributed by atoms with Crippen molar-refractivity contribution in [3.8, 4) is 5.75 Å². The van der Waals surface area contributed by atoms with E-state index in [1.165, 1.54) is 4.90 Å². The molecule has 1 N–H and O–H groups in total. The van der Waals surface area contributed by atoms with Gasteiger partial charge in [0.05, 0.1) is 16.0 Å². The molecule has 1 fully saturated rings. The minimum atomic E-state index is -0.463. The van der Waals surface area contributed by atoms with Crippen LogP contribution in [0.1, 0.15) is 16.7 Å². The molecule has 0 radical (unpaired) electrons. The summed E-state index contributed by atoms with van der Waals surface area (Å²) in [6.07, 6.45) is 1.58. The van der Waals surface area contributed by atoms with Gasteiger partial charge in [-0.1, -0.05) is 71.7 Å². The molecule has 5 nitrogen and oxygen atoms in total. The van der Waals surface area contributed by atoms with Gasteiger partial charge >= 0.3 is 6.03 Å². The summed E-state index contributed by atoms with van der Waals surface area (Å²) in [5.74, 6) is 0.0615. The van der Waals surface area contributed by atoms with E-state index in [4.69, 9.17) is 27.9 Å². The molecule has 0 unspecified atom stereocenters. The van der Waals surface area contributed by atoms with Crippen LogP contribution in [0.4, 0.5) is 4.79 Å². The van der Waals surface area contributed by atoms with Crippen LogP contribution >= 0.6 is 39.1 Å². The Morgan fingerprint density at radius 2 is 1.69 bits per heavy atom. The third-order valence-electron chi connectivity index (χ3n) is 4.81. The summed E-state index contributed by atoms with van der Waals surface area (Å²) in [5.41, 5.74) is 2.51. The molecular weight excluding hydrogens is 515 g/mol. The van der Waals surface area contributed by atoms with Crippen LogP contribution in [0.2, 0.25) is 10.0 Å². The first-order valence-electron chi connectivity index (χ1n) is 9.66. The molecule has 8 heteroatoms. The van der Waals surface area contributed by atoms with Crippen molar-refractivity contribution in [2.45, 2.75) is 13.2 Å². The van der Waals surface area contributed by atoms with Gasteiger partial charge in [-0.3, -0.25) is 9.69 Å². The van der Waals surface area contributed by atoms with Crippen molar-refractivity contribution in [3.63, 3.8) is 0 Å². The van der Waals surface area contributed by atoms with Crippen LogP contribution in [0.5, 0.6) is 5.75 Å². The van der Waals surface area contributed by atoms with Gasteiger partial charge in [-0.05, 0) is 51.3 Å². The monoisotopic (exact) mass is 530 g/mol. The van der Waals surface area contributed by atoms with E-state index in [9.17, 15) is 9.59 Å². The summed E-state index contributed by atoms with van der Waals surface area (Å²) in [6.45, 7) is 0.448. The number of urea groups is 1. The van der Waals surface area contributed by atoms with Gasteiger partial charge in [0.2, 0.25) is 0 Å². The fourth-order valence-corrected chi connectivity index (χ4v) is 4.39. The van der Waals surface area contributed by atoms with Crippen LogP contribution in [-0.4, -0.2) is 16.8 Å². The fraction of sp³-hybridized carbons (Fsp3) is 0.0833. The molecule has 162 valence electrons. The normalized spacial score (nSPS) is 14.7. The maximum Gasteiger partial charge on any atom is 0.329 e. The Balaban J connectivity index is 1.51. The first-order valence-corrected chi connectivity index (χ1v) is 11.2. The molecule has 1 saturated heterocycles. The van der Waals surface area contributed by atoms with E-state index in [0.717, 1.165) is 11.1 Å². The van der Waals surface area contributed by atoms with Gasteiger partial charge in [-0.2, -0.15) is 0 Å². The van der Waals surface area contributed by atoms with Crippen molar-refractivity contribution in [3.05, 3.63) is 104 Å². The lowest BCUT2D eigenvalue weighted by atomic mass is 10.1. The fourth-order valence-electron chi connectivity index (χ4n) is 3.21. The molecule has 1 aliphatic heterocycles. The Morgan fingerprint density at radius 1 is 0.969 bits per heavy atom. The van der Waals surface area contributed by atoms with E-state index < -0.39 is 11.9 Å². The van der Waals surface area contributed by atoms with E-state index in [1.807, 2.05) is 48.5 Å². The summed E-state index contributed by atoms with van der Waals surface area (Å²) >= 11 is 16.1. The standard InChI is InChI=1S/C24H17BrCl2N2O3/c25-18-10-16(11-20(27)22(18)32-14-17-8-4-5-9-19(17)26)12-21-23(30)29(24(31)28-21)13-15-6-2-1-3-7-15/h1-12H,13-14H2,(H,28,31)/b21-12+. The minimum absolute atomic E-state index is 0.179. The van der Waals surface area contributed by atoms with Gasteiger partial charge in [-0.15, -0.1) is 0 Å². The number of carbonyl (C=O) groups is 2. The Morgan fingerprint density at radius 3 is 2.41 bits per heavy atom. The highest BCUT2D eigenvalue weighted by atomic mass is 79.9. The number of benzene rings is 3. The first kappa shape index (κ1) is 22.4. The molecule has 3 aromatic carbocycles. The Bertz CT molecular complexity index is 1190. The van der Waals surface area contributed by atoms with Gasteiger partial charge in [0.1, 0.15) is 12.3 Å². The van der Waals surface area contributed by atoms with Crippen LogP contribution in [0.3, 0.4) is 0 Å². The molecule has 3 amide bonds. The van der Waals surface area contributed by atoms with Crippen LogP contribution in [0, 0.1) is 0 Å². The molecule has 0 aromatic heterocycles. The molecule has 0 aliphatic carbocycles. The summed E-state index contributed by atoms with van der Waals surface area (Å²) in [6, 6.07) is 19.7. The van der Waals surface area contributed by atoms with Crippen LogP contribution in [0.25, 0.3) is 6.08 Å². The molecule has 0 spiro atoms. The van der Waals surface area contributed by atoms with E-state index in [-0.39, 0.29) is 18.8 Å². The number of rotatable bonds is 6. The summed E-state index contributed by atoms with van der Waals surface area (Å²) < 4.78 is 6.46. The zero-order valence-electron chi connectivity index (χ0n) is 16.6. The van der Waals surface area contributed by atoms with Crippen molar-refractivity contribution in [2.24, 2.45) is 0 Å². The van der Waals surface area contributed by atoms with Gasteiger partial charge in [0, 0.05) is 10.6 Å². The average Bonchev–Trinajstić information content (AvgIpc) is 3.02. The molecule has 4 rings (SSSR count). The predicted octanol–water partition coefficient (Wildman–Crippen LogP) is 6.43. The highest BCUT2D eigenvalue weighted by Gasteiger charge is 2.33. The van der Waals surface area contributed by atoms with Crippen molar-refractivity contribution >= 4 is 57.1 Å². The van der Waals surface area contributed by atoms with E-state index in [2.05, 4.69) is 21.2 Å². The van der Waals surface area contributed by atoms with Crippen LogP contribution < -0.4 is 10.1 Å². The van der Waals surface area contributed by atoms with Gasteiger partial charge in [0.25, 0.3) is 5.91 Å². The molecule has 3 aromatic rings. The van der Waals surface area contributed by atoms with E-state index in [0.29, 0.717) is 25.8 Å². The number of carbonyl (C=O) groups excluding carboxylic acids is 2. The second-order valence-corrected chi connectivity index (χ2v) is 8.73. The smallest absolute Gasteiger partial charge is 0.329 e. The predicted molar refractivity (Wildman–Crippen MR) is 128 cm³/mol. The highest BCUT2D eigenvalue weighted by Crippen LogP contribution is 2.36. The average molecular weight is 532 g/mol. The maximum absolute atomic E-state index is 12.7. The molecule has 0 saturated carbocycles. The lowest BCUT2D eigenvalue weighted by molar-refractivity contribution is -0.123. The number of nitrogens with zero attached hydrogens (tertiary/aromatic N) is 1. The van der Waals surface area contributed by atoms with Crippen molar-refractivity contribution in [1.82, 2.24) is 10.2 Å². The number of nitrogens with one attached hydrogen (secondary N) is 1. The Kier molecular flexibility index (Phi) is 6.84. The lowest BCUT2D eigenvalue weighted by Gasteiger charge is -2.12. The van der Waals surface area contributed by atoms with E-state index >= 15 is 0 Å². The summed E-state index contributed by atoms with van der Waals surface area (Å²) in [7, 11) is 0. The molecule has 1 heterocycles. The zero-order valence-corrected chi connectivity index (χ0v) is 19.7. The number of ether oxygens (including phenoxy) is 1. The molecule has 32 heavy (non-hydrogen) atoms.